The van der Waals surface area contributed by atoms with Crippen LogP contribution in [-0.2, 0) is 4.79 Å². The molecule has 1 N–H and O–H groups in total. The van der Waals surface area contributed by atoms with Crippen molar-refractivity contribution in [2.75, 3.05) is 5.32 Å². The topological polar surface area (TPSA) is 52.9 Å². The average Bonchev–Trinajstić information content (AvgIpc) is 2.18. The Hall–Kier alpha value is -1.53. The molecule has 0 aliphatic rings. The van der Waals surface area contributed by atoms with Crippen molar-refractivity contribution in [3.63, 3.8) is 0 Å². The van der Waals surface area contributed by atoms with Crippen molar-refractivity contribution in [2.24, 2.45) is 0 Å². The molecular weight excluding hydrogens is 212 g/mol. The first-order chi connectivity index (χ1) is 7.17. The Labute approximate surface area is 93.7 Å². The summed E-state index contributed by atoms with van der Waals surface area (Å²) in [5.41, 5.74) is 1.03. The fourth-order valence-corrected chi connectivity index (χ4v) is 1.36. The zero-order valence-corrected chi connectivity index (χ0v) is 9.14. The highest BCUT2D eigenvalue weighted by molar-refractivity contribution is 6.32. The van der Waals surface area contributed by atoms with Gasteiger partial charge in [-0.05, 0) is 24.6 Å². The van der Waals surface area contributed by atoms with E-state index in [4.69, 9.17) is 16.9 Å². The van der Waals surface area contributed by atoms with Crippen molar-refractivity contribution < 1.29 is 4.79 Å². The fourth-order valence-electron chi connectivity index (χ4n) is 1.13. The summed E-state index contributed by atoms with van der Waals surface area (Å²) < 4.78 is 0. The van der Waals surface area contributed by atoms with Gasteiger partial charge >= 0.3 is 0 Å². The van der Waals surface area contributed by atoms with Crippen molar-refractivity contribution in [3.8, 4) is 6.07 Å². The summed E-state index contributed by atoms with van der Waals surface area (Å²) >= 11 is 5.82. The first kappa shape index (κ1) is 11.5. The Morgan fingerprint density at radius 3 is 2.87 bits per heavy atom. The third-order valence-corrected chi connectivity index (χ3v) is 2.16. The number of nitrogens with zero attached hydrogens (tertiary/aromatic N) is 1. The number of amides is 1. The van der Waals surface area contributed by atoms with Crippen LogP contribution in [0.25, 0.3) is 0 Å². The number of anilines is 1. The van der Waals surface area contributed by atoms with Gasteiger partial charge < -0.3 is 5.32 Å². The molecule has 0 aromatic heterocycles. The molecule has 1 rings (SSSR count). The molecule has 4 heteroatoms. The van der Waals surface area contributed by atoms with Crippen LogP contribution >= 0.6 is 11.6 Å². The molecule has 0 heterocycles. The molecule has 78 valence electrons. The van der Waals surface area contributed by atoms with Crippen molar-refractivity contribution >= 4 is 23.2 Å². The van der Waals surface area contributed by atoms with Gasteiger partial charge in [0.2, 0.25) is 5.91 Å². The molecule has 1 amide bonds. The van der Waals surface area contributed by atoms with E-state index in [0.717, 1.165) is 6.42 Å². The molecule has 1 aromatic rings. The average molecular weight is 223 g/mol. The molecule has 0 radical (unpaired) electrons. The second-order valence-electron chi connectivity index (χ2n) is 3.10. The van der Waals surface area contributed by atoms with E-state index in [1.165, 1.54) is 0 Å². The lowest BCUT2D eigenvalue weighted by Crippen LogP contribution is -2.10. The maximum absolute atomic E-state index is 11.3. The van der Waals surface area contributed by atoms with Gasteiger partial charge in [0.05, 0.1) is 10.6 Å². The molecule has 0 atom stereocenters. The van der Waals surface area contributed by atoms with Crippen LogP contribution in [-0.4, -0.2) is 5.91 Å². The molecule has 3 nitrogen and oxygen atoms in total. The van der Waals surface area contributed by atoms with Crippen LogP contribution in [0, 0.1) is 11.3 Å². The van der Waals surface area contributed by atoms with E-state index < -0.39 is 0 Å². The summed E-state index contributed by atoms with van der Waals surface area (Å²) in [4.78, 5) is 11.3. The number of carbonyl (C=O) groups excluding carboxylic acids is 1. The molecule has 0 unspecified atom stereocenters. The van der Waals surface area contributed by atoms with Crippen molar-refractivity contribution in [2.45, 2.75) is 19.8 Å². The molecule has 0 spiro atoms. The molecule has 0 aliphatic heterocycles. The highest BCUT2D eigenvalue weighted by Crippen LogP contribution is 2.20. The van der Waals surface area contributed by atoms with Crippen LogP contribution in [0.4, 0.5) is 5.69 Å². The van der Waals surface area contributed by atoms with E-state index in [2.05, 4.69) is 5.32 Å². The van der Waals surface area contributed by atoms with E-state index in [1.54, 1.807) is 18.2 Å². The SMILES string of the molecule is CCCC(=O)Nc1ccc(C#N)c(Cl)c1. The van der Waals surface area contributed by atoms with Gasteiger partial charge in [0.1, 0.15) is 6.07 Å². The van der Waals surface area contributed by atoms with Crippen LogP contribution < -0.4 is 5.32 Å². The molecule has 0 saturated carbocycles. The van der Waals surface area contributed by atoms with Crippen LogP contribution in [0.5, 0.6) is 0 Å². The van der Waals surface area contributed by atoms with E-state index in [9.17, 15) is 4.79 Å². The highest BCUT2D eigenvalue weighted by Gasteiger charge is 2.03. The highest BCUT2D eigenvalue weighted by atomic mass is 35.5. The zero-order valence-electron chi connectivity index (χ0n) is 8.38. The molecular formula is C11H11ClN2O. The number of benzene rings is 1. The summed E-state index contributed by atoms with van der Waals surface area (Å²) in [5.74, 6) is -0.0433. The summed E-state index contributed by atoms with van der Waals surface area (Å²) in [6, 6.07) is 6.79. The Bertz CT molecular complexity index is 410. The van der Waals surface area contributed by atoms with Crippen LogP contribution in [0.15, 0.2) is 18.2 Å². The van der Waals surface area contributed by atoms with Crippen LogP contribution in [0.3, 0.4) is 0 Å². The Balaban J connectivity index is 2.76. The van der Waals surface area contributed by atoms with Gasteiger partial charge in [0, 0.05) is 12.1 Å². The Morgan fingerprint density at radius 1 is 1.60 bits per heavy atom. The third-order valence-electron chi connectivity index (χ3n) is 1.85. The lowest BCUT2D eigenvalue weighted by molar-refractivity contribution is -0.116. The standard InChI is InChI=1S/C11H11ClN2O/c1-2-3-11(15)14-9-5-4-8(7-13)10(12)6-9/h4-6H,2-3H2,1H3,(H,14,15). The summed E-state index contributed by atoms with van der Waals surface area (Å²) in [6.45, 7) is 1.94. The second kappa shape index (κ2) is 5.38. The van der Waals surface area contributed by atoms with Crippen LogP contribution in [0.1, 0.15) is 25.3 Å². The minimum Gasteiger partial charge on any atom is -0.326 e. The number of hydrogen-bond acceptors (Lipinski definition) is 2. The lowest BCUT2D eigenvalue weighted by atomic mass is 10.2. The van der Waals surface area contributed by atoms with Crippen molar-refractivity contribution in [1.82, 2.24) is 0 Å². The molecule has 0 aliphatic carbocycles. The van der Waals surface area contributed by atoms with E-state index in [0.29, 0.717) is 22.7 Å². The van der Waals surface area contributed by atoms with Crippen LogP contribution in [0.2, 0.25) is 5.02 Å². The maximum Gasteiger partial charge on any atom is 0.224 e. The van der Waals surface area contributed by atoms with Gasteiger partial charge in [-0.3, -0.25) is 4.79 Å². The Kier molecular flexibility index (Phi) is 4.14. The largest absolute Gasteiger partial charge is 0.326 e. The lowest BCUT2D eigenvalue weighted by Gasteiger charge is -2.04. The van der Waals surface area contributed by atoms with Gasteiger partial charge in [-0.1, -0.05) is 18.5 Å². The van der Waals surface area contributed by atoms with Crippen molar-refractivity contribution in [1.29, 1.82) is 5.26 Å². The predicted octanol–water partition coefficient (Wildman–Crippen LogP) is 2.95. The Morgan fingerprint density at radius 2 is 2.33 bits per heavy atom. The van der Waals surface area contributed by atoms with E-state index >= 15 is 0 Å². The zero-order chi connectivity index (χ0) is 11.3. The third kappa shape index (κ3) is 3.26. The summed E-state index contributed by atoms with van der Waals surface area (Å²) in [6.07, 6.45) is 1.29. The fraction of sp³-hybridized carbons (Fsp3) is 0.273. The number of rotatable bonds is 3. The quantitative estimate of drug-likeness (QED) is 0.855. The molecule has 0 saturated heterocycles. The first-order valence-corrected chi connectivity index (χ1v) is 5.04. The maximum atomic E-state index is 11.3. The predicted molar refractivity (Wildman–Crippen MR) is 59.7 cm³/mol. The number of nitriles is 1. The smallest absolute Gasteiger partial charge is 0.224 e. The molecule has 1 aromatic carbocycles. The van der Waals surface area contributed by atoms with Gasteiger partial charge in [0.15, 0.2) is 0 Å². The number of carbonyl (C=O) groups is 1. The minimum atomic E-state index is -0.0433. The molecule has 0 fully saturated rings. The molecule has 15 heavy (non-hydrogen) atoms. The minimum absolute atomic E-state index is 0.0433. The number of nitrogens with one attached hydrogen (secondary N) is 1. The number of hydrogen-bond donors (Lipinski definition) is 1. The van der Waals surface area contributed by atoms with Gasteiger partial charge in [-0.25, -0.2) is 0 Å². The summed E-state index contributed by atoms with van der Waals surface area (Å²) in [5, 5.41) is 11.7. The van der Waals surface area contributed by atoms with Gasteiger partial charge in [-0.2, -0.15) is 5.26 Å². The molecule has 0 bridgehead atoms. The van der Waals surface area contributed by atoms with E-state index in [1.807, 2.05) is 13.0 Å². The van der Waals surface area contributed by atoms with Gasteiger partial charge in [0.25, 0.3) is 0 Å². The van der Waals surface area contributed by atoms with E-state index in [-0.39, 0.29) is 5.91 Å². The first-order valence-electron chi connectivity index (χ1n) is 4.67. The monoisotopic (exact) mass is 222 g/mol. The summed E-state index contributed by atoms with van der Waals surface area (Å²) in [7, 11) is 0. The van der Waals surface area contributed by atoms with Gasteiger partial charge in [-0.15, -0.1) is 0 Å². The number of halogens is 1. The van der Waals surface area contributed by atoms with Crippen molar-refractivity contribution in [3.05, 3.63) is 28.8 Å². The normalized spacial score (nSPS) is 9.40. The second-order valence-corrected chi connectivity index (χ2v) is 3.51.